The van der Waals surface area contributed by atoms with Crippen molar-refractivity contribution in [3.8, 4) is 5.69 Å². The van der Waals surface area contributed by atoms with Crippen molar-refractivity contribution in [3.05, 3.63) is 30.3 Å². The minimum atomic E-state index is -0.184. The fourth-order valence-electron chi connectivity index (χ4n) is 3.01. The molecule has 1 aliphatic heterocycles. The molecule has 0 saturated carbocycles. The second-order valence-electron chi connectivity index (χ2n) is 7.44. The highest BCUT2D eigenvalue weighted by molar-refractivity contribution is 5.77. The summed E-state index contributed by atoms with van der Waals surface area (Å²) in [5.74, 6) is 0.856. The molecule has 1 aromatic heterocycles. The molecule has 1 aromatic carbocycles. The minimum Gasteiger partial charge on any atom is -0.347 e. The summed E-state index contributed by atoms with van der Waals surface area (Å²) in [4.78, 5) is 15.6. The fourth-order valence-corrected chi connectivity index (χ4v) is 3.01. The number of carbonyl (C=O) groups excluding carboxylic acids is 1. The van der Waals surface area contributed by atoms with E-state index in [9.17, 15) is 4.79 Å². The van der Waals surface area contributed by atoms with Gasteiger partial charge in [-0.1, -0.05) is 23.3 Å². The Labute approximate surface area is 147 Å². The van der Waals surface area contributed by atoms with E-state index in [0.29, 0.717) is 6.54 Å². The Bertz CT molecular complexity index is 699. The van der Waals surface area contributed by atoms with Crippen LogP contribution in [0.3, 0.4) is 0 Å². The molecule has 25 heavy (non-hydrogen) atoms. The Morgan fingerprint density at radius 1 is 1.20 bits per heavy atom. The highest BCUT2D eigenvalue weighted by Gasteiger charge is 2.26. The third kappa shape index (κ3) is 4.54. The second kappa shape index (κ2) is 7.18. The predicted molar refractivity (Wildman–Crippen MR) is 94.8 cm³/mol. The molecular weight excluding hydrogens is 318 g/mol. The number of amides is 1. The Kier molecular flexibility index (Phi) is 4.98. The SMILES string of the molecule is CC(C)(C)NC(=O)C[NH+]1CCN(c2nnnn2-c2ccccc2)CC1. The van der Waals surface area contributed by atoms with Crippen molar-refractivity contribution in [3.63, 3.8) is 0 Å². The molecule has 2 aromatic rings. The first-order valence-electron chi connectivity index (χ1n) is 8.66. The molecule has 1 fully saturated rings. The molecule has 1 amide bonds. The summed E-state index contributed by atoms with van der Waals surface area (Å²) in [5.41, 5.74) is 0.762. The zero-order chi connectivity index (χ0) is 17.9. The van der Waals surface area contributed by atoms with E-state index in [0.717, 1.165) is 37.8 Å². The zero-order valence-electron chi connectivity index (χ0n) is 15.1. The standard InChI is InChI=1S/C17H25N7O/c1-17(2,3)18-15(25)13-22-9-11-23(12-10-22)16-19-20-21-24(16)14-7-5-4-6-8-14/h4-8H,9-13H2,1-3H3,(H,18,25)/p+1. The number of tetrazole rings is 1. The molecule has 134 valence electrons. The van der Waals surface area contributed by atoms with E-state index < -0.39 is 0 Å². The normalized spacial score (nSPS) is 16.0. The van der Waals surface area contributed by atoms with Gasteiger partial charge in [0, 0.05) is 5.54 Å². The number of hydrogen-bond acceptors (Lipinski definition) is 5. The molecule has 0 atom stereocenters. The van der Waals surface area contributed by atoms with Gasteiger partial charge in [0.2, 0.25) is 0 Å². The summed E-state index contributed by atoms with van der Waals surface area (Å²) in [7, 11) is 0. The van der Waals surface area contributed by atoms with Gasteiger partial charge >= 0.3 is 0 Å². The van der Waals surface area contributed by atoms with Gasteiger partial charge < -0.3 is 15.1 Å². The van der Waals surface area contributed by atoms with E-state index in [1.54, 1.807) is 4.68 Å². The first-order valence-corrected chi connectivity index (χ1v) is 8.66. The van der Waals surface area contributed by atoms with Crippen molar-refractivity contribution in [1.82, 2.24) is 25.5 Å². The number of quaternary nitrogens is 1. The van der Waals surface area contributed by atoms with Crippen molar-refractivity contribution in [2.24, 2.45) is 0 Å². The summed E-state index contributed by atoms with van der Waals surface area (Å²) in [6, 6.07) is 9.88. The molecule has 0 aliphatic carbocycles. The second-order valence-corrected chi connectivity index (χ2v) is 7.44. The van der Waals surface area contributed by atoms with Crippen LogP contribution in [0.4, 0.5) is 5.95 Å². The van der Waals surface area contributed by atoms with E-state index in [2.05, 4.69) is 25.7 Å². The lowest BCUT2D eigenvalue weighted by Gasteiger charge is -2.32. The summed E-state index contributed by atoms with van der Waals surface area (Å²) in [5, 5.41) is 15.2. The highest BCUT2D eigenvalue weighted by atomic mass is 16.2. The lowest BCUT2D eigenvalue weighted by atomic mass is 10.1. The molecule has 3 rings (SSSR count). The number of rotatable bonds is 4. The minimum absolute atomic E-state index is 0.102. The molecular formula is C17H26N7O+. The Hall–Kier alpha value is -2.48. The van der Waals surface area contributed by atoms with E-state index >= 15 is 0 Å². The van der Waals surface area contributed by atoms with Gasteiger partial charge in [0.1, 0.15) is 0 Å². The van der Waals surface area contributed by atoms with Gasteiger partial charge in [-0.05, 0) is 43.3 Å². The van der Waals surface area contributed by atoms with Crippen LogP contribution >= 0.6 is 0 Å². The molecule has 1 aliphatic rings. The van der Waals surface area contributed by atoms with Crippen molar-refractivity contribution < 1.29 is 9.69 Å². The van der Waals surface area contributed by atoms with Crippen molar-refractivity contribution in [1.29, 1.82) is 0 Å². The number of aromatic nitrogens is 4. The molecule has 8 heteroatoms. The number of benzene rings is 1. The predicted octanol–water partition coefficient (Wildman–Crippen LogP) is -0.718. The topological polar surface area (TPSA) is 80.4 Å². The maximum absolute atomic E-state index is 12.1. The largest absolute Gasteiger partial charge is 0.347 e. The molecule has 1 saturated heterocycles. The molecule has 8 nitrogen and oxygen atoms in total. The smallest absolute Gasteiger partial charge is 0.275 e. The number of hydrogen-bond donors (Lipinski definition) is 2. The van der Waals surface area contributed by atoms with Crippen LogP contribution in [0.15, 0.2) is 30.3 Å². The van der Waals surface area contributed by atoms with Gasteiger partial charge in [-0.3, -0.25) is 4.79 Å². The monoisotopic (exact) mass is 344 g/mol. The van der Waals surface area contributed by atoms with E-state index in [4.69, 9.17) is 0 Å². The van der Waals surface area contributed by atoms with Crippen molar-refractivity contribution >= 4 is 11.9 Å². The number of carbonyl (C=O) groups is 1. The molecule has 0 bridgehead atoms. The Morgan fingerprint density at radius 2 is 1.88 bits per heavy atom. The van der Waals surface area contributed by atoms with Gasteiger partial charge in [-0.2, -0.15) is 4.68 Å². The molecule has 0 unspecified atom stereocenters. The number of nitrogens with one attached hydrogen (secondary N) is 2. The van der Waals surface area contributed by atoms with E-state index in [1.165, 1.54) is 4.90 Å². The van der Waals surface area contributed by atoms with Crippen LogP contribution in [-0.2, 0) is 4.79 Å². The number of anilines is 1. The summed E-state index contributed by atoms with van der Waals surface area (Å²) in [6.07, 6.45) is 0. The molecule has 2 heterocycles. The molecule has 0 spiro atoms. The first-order chi connectivity index (χ1) is 11.9. The Morgan fingerprint density at radius 3 is 2.52 bits per heavy atom. The van der Waals surface area contributed by atoms with E-state index in [1.807, 2.05) is 51.1 Å². The quantitative estimate of drug-likeness (QED) is 0.765. The maximum Gasteiger partial charge on any atom is 0.275 e. The summed E-state index contributed by atoms with van der Waals surface area (Å²) >= 11 is 0. The van der Waals surface area contributed by atoms with Gasteiger partial charge in [0.05, 0.1) is 31.9 Å². The van der Waals surface area contributed by atoms with Crippen LogP contribution in [-0.4, -0.2) is 64.4 Å². The third-order valence-corrected chi connectivity index (χ3v) is 4.13. The van der Waals surface area contributed by atoms with Crippen LogP contribution in [0.2, 0.25) is 0 Å². The number of para-hydroxylation sites is 1. The van der Waals surface area contributed by atoms with E-state index in [-0.39, 0.29) is 11.4 Å². The van der Waals surface area contributed by atoms with Gasteiger partial charge in [-0.15, -0.1) is 0 Å². The zero-order valence-corrected chi connectivity index (χ0v) is 15.1. The average molecular weight is 344 g/mol. The molecule has 2 N–H and O–H groups in total. The summed E-state index contributed by atoms with van der Waals surface area (Å²) < 4.78 is 1.76. The maximum atomic E-state index is 12.1. The Balaban J connectivity index is 1.59. The summed E-state index contributed by atoms with van der Waals surface area (Å²) in [6.45, 7) is 9.94. The lowest BCUT2D eigenvalue weighted by molar-refractivity contribution is -0.892. The first kappa shape index (κ1) is 17.3. The molecule has 0 radical (unpaired) electrons. The van der Waals surface area contributed by atoms with Crippen LogP contribution in [0.5, 0.6) is 0 Å². The van der Waals surface area contributed by atoms with Crippen LogP contribution in [0.1, 0.15) is 20.8 Å². The number of piperazine rings is 1. The van der Waals surface area contributed by atoms with Crippen LogP contribution in [0, 0.1) is 0 Å². The van der Waals surface area contributed by atoms with Crippen molar-refractivity contribution in [2.45, 2.75) is 26.3 Å². The highest BCUT2D eigenvalue weighted by Crippen LogP contribution is 2.14. The fraction of sp³-hybridized carbons (Fsp3) is 0.529. The van der Waals surface area contributed by atoms with Crippen molar-refractivity contribution in [2.75, 3.05) is 37.6 Å². The third-order valence-electron chi connectivity index (χ3n) is 4.13. The lowest BCUT2D eigenvalue weighted by Crippen LogP contribution is -3.16. The average Bonchev–Trinajstić information content (AvgIpc) is 3.04. The van der Waals surface area contributed by atoms with Gasteiger partial charge in [0.15, 0.2) is 6.54 Å². The van der Waals surface area contributed by atoms with Gasteiger partial charge in [-0.25, -0.2) is 0 Å². The van der Waals surface area contributed by atoms with Crippen LogP contribution in [0.25, 0.3) is 5.69 Å². The number of nitrogens with zero attached hydrogens (tertiary/aromatic N) is 5. The van der Waals surface area contributed by atoms with Gasteiger partial charge in [0.25, 0.3) is 11.9 Å². The van der Waals surface area contributed by atoms with Crippen LogP contribution < -0.4 is 15.1 Å².